The summed E-state index contributed by atoms with van der Waals surface area (Å²) in [6.45, 7) is 0. The van der Waals surface area contributed by atoms with Crippen LogP contribution in [0.25, 0.3) is 27.8 Å². The molecule has 0 atom stereocenters. The summed E-state index contributed by atoms with van der Waals surface area (Å²) >= 11 is 0. The topological polar surface area (TPSA) is 76.2 Å². The Morgan fingerprint density at radius 2 is 1.85 bits per heavy atom. The van der Waals surface area contributed by atoms with Crippen molar-refractivity contribution in [1.82, 2.24) is 24.6 Å². The molecule has 4 heterocycles. The molecular weight excluding hydrogens is 338 g/mol. The Hall–Kier alpha value is -3.80. The number of hydrogen-bond donors (Lipinski definition) is 1. The SMILES string of the molecule is Oc1ccc(-c2ccc3ncc(Cc4ccc5ncccc5c4)n3n2)cn1. The Kier molecular flexibility index (Phi) is 3.53. The van der Waals surface area contributed by atoms with Gasteiger partial charge < -0.3 is 5.11 Å². The Balaban J connectivity index is 1.54. The van der Waals surface area contributed by atoms with Gasteiger partial charge in [0.2, 0.25) is 5.88 Å². The van der Waals surface area contributed by atoms with E-state index >= 15 is 0 Å². The average molecular weight is 353 g/mol. The predicted molar refractivity (Wildman–Crippen MR) is 102 cm³/mol. The Bertz CT molecular complexity index is 1260. The average Bonchev–Trinajstić information content (AvgIpc) is 3.10. The highest BCUT2D eigenvalue weighted by molar-refractivity contribution is 5.79. The fraction of sp³-hybridized carbons (Fsp3) is 0.0476. The lowest BCUT2D eigenvalue weighted by atomic mass is 10.1. The van der Waals surface area contributed by atoms with Crippen molar-refractivity contribution in [2.45, 2.75) is 6.42 Å². The van der Waals surface area contributed by atoms with Crippen LogP contribution in [0.15, 0.2) is 73.2 Å². The summed E-state index contributed by atoms with van der Waals surface area (Å²) in [6.07, 6.45) is 5.98. The third-order valence-corrected chi connectivity index (χ3v) is 4.53. The normalized spacial score (nSPS) is 11.3. The number of rotatable bonds is 3. The second-order valence-electron chi connectivity index (χ2n) is 6.35. The van der Waals surface area contributed by atoms with E-state index in [0.29, 0.717) is 0 Å². The van der Waals surface area contributed by atoms with Crippen LogP contribution in [0.5, 0.6) is 5.88 Å². The molecule has 0 fully saturated rings. The molecule has 0 aliphatic carbocycles. The molecule has 0 radical (unpaired) electrons. The maximum Gasteiger partial charge on any atom is 0.210 e. The zero-order chi connectivity index (χ0) is 18.2. The van der Waals surface area contributed by atoms with Gasteiger partial charge in [0.05, 0.1) is 23.1 Å². The summed E-state index contributed by atoms with van der Waals surface area (Å²) in [5.74, 6) is -0.00561. The first kappa shape index (κ1) is 15.5. The third kappa shape index (κ3) is 2.87. The number of benzene rings is 1. The van der Waals surface area contributed by atoms with Gasteiger partial charge >= 0.3 is 0 Å². The molecule has 0 saturated heterocycles. The van der Waals surface area contributed by atoms with E-state index in [-0.39, 0.29) is 5.88 Å². The highest BCUT2D eigenvalue weighted by Crippen LogP contribution is 2.20. The minimum atomic E-state index is -0.00561. The first-order chi connectivity index (χ1) is 13.3. The maximum atomic E-state index is 9.37. The first-order valence-corrected chi connectivity index (χ1v) is 8.59. The molecule has 6 nitrogen and oxygen atoms in total. The van der Waals surface area contributed by atoms with E-state index in [1.54, 1.807) is 24.5 Å². The molecule has 0 amide bonds. The van der Waals surface area contributed by atoms with Crippen molar-refractivity contribution in [2.75, 3.05) is 0 Å². The van der Waals surface area contributed by atoms with Crippen LogP contribution < -0.4 is 0 Å². The molecule has 1 aromatic carbocycles. The lowest BCUT2D eigenvalue weighted by molar-refractivity contribution is 0.453. The fourth-order valence-corrected chi connectivity index (χ4v) is 3.18. The van der Waals surface area contributed by atoms with Crippen molar-refractivity contribution in [1.29, 1.82) is 0 Å². The van der Waals surface area contributed by atoms with Crippen molar-refractivity contribution in [3.8, 4) is 17.1 Å². The van der Waals surface area contributed by atoms with Gasteiger partial charge in [-0.1, -0.05) is 12.1 Å². The molecule has 4 aromatic heterocycles. The van der Waals surface area contributed by atoms with Crippen LogP contribution in [0.4, 0.5) is 0 Å². The summed E-state index contributed by atoms with van der Waals surface area (Å²) in [4.78, 5) is 12.8. The molecule has 5 aromatic rings. The van der Waals surface area contributed by atoms with E-state index in [1.165, 1.54) is 5.56 Å². The standard InChI is InChI=1S/C21H15N5O/c27-21-8-4-16(12-24-21)19-6-7-20-23-13-17(26(20)25-19)11-14-3-5-18-15(10-14)2-1-9-22-18/h1-10,12-13H,11H2,(H,24,27). The van der Waals surface area contributed by atoms with Gasteiger partial charge in [0, 0.05) is 35.8 Å². The monoisotopic (exact) mass is 353 g/mol. The van der Waals surface area contributed by atoms with Crippen LogP contribution in [0, 0.1) is 0 Å². The van der Waals surface area contributed by atoms with Crippen LogP contribution in [-0.2, 0) is 6.42 Å². The summed E-state index contributed by atoms with van der Waals surface area (Å²) in [7, 11) is 0. The van der Waals surface area contributed by atoms with Crippen LogP contribution in [0.3, 0.4) is 0 Å². The second kappa shape index (κ2) is 6.17. The number of aromatic nitrogens is 5. The van der Waals surface area contributed by atoms with Crippen LogP contribution in [0.2, 0.25) is 0 Å². The highest BCUT2D eigenvalue weighted by atomic mass is 16.3. The van der Waals surface area contributed by atoms with Crippen LogP contribution in [0.1, 0.15) is 11.3 Å². The van der Waals surface area contributed by atoms with E-state index in [1.807, 2.05) is 35.0 Å². The van der Waals surface area contributed by atoms with E-state index < -0.39 is 0 Å². The molecule has 0 bridgehead atoms. The van der Waals surface area contributed by atoms with Gasteiger partial charge in [-0.25, -0.2) is 14.5 Å². The number of nitrogens with zero attached hydrogens (tertiary/aromatic N) is 5. The molecular formula is C21H15N5O. The summed E-state index contributed by atoms with van der Waals surface area (Å²) in [6, 6.07) is 17.5. The van der Waals surface area contributed by atoms with Gasteiger partial charge in [-0.05, 0) is 42.0 Å². The summed E-state index contributed by atoms with van der Waals surface area (Å²) < 4.78 is 1.86. The van der Waals surface area contributed by atoms with Gasteiger partial charge in [-0.2, -0.15) is 5.10 Å². The number of fused-ring (bicyclic) bond motifs is 2. The van der Waals surface area contributed by atoms with E-state index in [9.17, 15) is 5.11 Å². The summed E-state index contributed by atoms with van der Waals surface area (Å²) in [5, 5.41) is 15.2. The maximum absolute atomic E-state index is 9.37. The molecule has 0 spiro atoms. The number of hydrogen-bond acceptors (Lipinski definition) is 5. The van der Waals surface area contributed by atoms with Crippen LogP contribution in [-0.4, -0.2) is 29.7 Å². The molecule has 0 saturated carbocycles. The lowest BCUT2D eigenvalue weighted by Crippen LogP contribution is -2.00. The largest absolute Gasteiger partial charge is 0.493 e. The molecule has 1 N–H and O–H groups in total. The molecule has 0 aliphatic heterocycles. The Morgan fingerprint density at radius 3 is 2.74 bits per heavy atom. The molecule has 0 aliphatic rings. The van der Waals surface area contributed by atoms with Gasteiger partial charge in [0.1, 0.15) is 0 Å². The number of imidazole rings is 1. The van der Waals surface area contributed by atoms with E-state index in [2.05, 4.69) is 33.2 Å². The highest BCUT2D eigenvalue weighted by Gasteiger charge is 2.09. The zero-order valence-corrected chi connectivity index (χ0v) is 14.3. The molecule has 5 rings (SSSR count). The van der Waals surface area contributed by atoms with Crippen LogP contribution >= 0.6 is 0 Å². The minimum Gasteiger partial charge on any atom is -0.493 e. The van der Waals surface area contributed by atoms with E-state index in [0.717, 1.165) is 39.9 Å². The Labute approximate surface area is 154 Å². The van der Waals surface area contributed by atoms with Crippen molar-refractivity contribution in [3.63, 3.8) is 0 Å². The van der Waals surface area contributed by atoms with Gasteiger partial charge in [-0.3, -0.25) is 4.98 Å². The van der Waals surface area contributed by atoms with Crippen molar-refractivity contribution >= 4 is 16.6 Å². The van der Waals surface area contributed by atoms with E-state index in [4.69, 9.17) is 5.10 Å². The van der Waals surface area contributed by atoms with Crippen molar-refractivity contribution < 1.29 is 5.11 Å². The second-order valence-corrected chi connectivity index (χ2v) is 6.35. The van der Waals surface area contributed by atoms with Gasteiger partial charge in [0.25, 0.3) is 0 Å². The Morgan fingerprint density at radius 1 is 0.889 bits per heavy atom. The minimum absolute atomic E-state index is 0.00561. The van der Waals surface area contributed by atoms with Gasteiger partial charge in [-0.15, -0.1) is 0 Å². The first-order valence-electron chi connectivity index (χ1n) is 8.59. The number of aromatic hydroxyl groups is 1. The molecule has 27 heavy (non-hydrogen) atoms. The van der Waals surface area contributed by atoms with Crippen molar-refractivity contribution in [2.24, 2.45) is 0 Å². The quantitative estimate of drug-likeness (QED) is 0.536. The lowest BCUT2D eigenvalue weighted by Gasteiger charge is -2.06. The molecule has 130 valence electrons. The molecule has 6 heteroatoms. The predicted octanol–water partition coefficient (Wildman–Crippen LogP) is 3.64. The van der Waals surface area contributed by atoms with Crippen molar-refractivity contribution in [3.05, 3.63) is 84.4 Å². The van der Waals surface area contributed by atoms with Gasteiger partial charge in [0.15, 0.2) is 5.65 Å². The molecule has 0 unspecified atom stereocenters. The smallest absolute Gasteiger partial charge is 0.210 e. The summed E-state index contributed by atoms with van der Waals surface area (Å²) in [5.41, 5.74) is 5.57. The fourth-order valence-electron chi connectivity index (χ4n) is 3.18. The zero-order valence-electron chi connectivity index (χ0n) is 14.3. The third-order valence-electron chi connectivity index (χ3n) is 4.53. The number of pyridine rings is 2.